The number of piperazine rings is 1. The molecule has 0 saturated carbocycles. The number of para-hydroxylation sites is 1. The van der Waals surface area contributed by atoms with Gasteiger partial charge < -0.3 is 14.8 Å². The highest BCUT2D eigenvalue weighted by Crippen LogP contribution is 2.31. The average molecular weight is 361 g/mol. The second kappa shape index (κ2) is 6.23. The molecule has 0 amide bonds. The predicted molar refractivity (Wildman–Crippen MR) is 107 cm³/mol. The van der Waals surface area contributed by atoms with E-state index < -0.39 is 0 Å². The van der Waals surface area contributed by atoms with Gasteiger partial charge >= 0.3 is 0 Å². The van der Waals surface area contributed by atoms with Gasteiger partial charge in [0.2, 0.25) is 0 Å². The second-order valence-electron chi connectivity index (χ2n) is 6.97. The van der Waals surface area contributed by atoms with Crippen molar-refractivity contribution in [1.29, 1.82) is 0 Å². The number of nitrogens with zero attached hydrogens (tertiary/aromatic N) is 4. The lowest BCUT2D eigenvalue weighted by molar-refractivity contribution is 0.596. The van der Waals surface area contributed by atoms with Crippen molar-refractivity contribution in [2.75, 3.05) is 36.0 Å². The average Bonchev–Trinajstić information content (AvgIpc) is 3.08. The third-order valence-electron chi connectivity index (χ3n) is 5.37. The summed E-state index contributed by atoms with van der Waals surface area (Å²) < 4.78 is 14.1. The summed E-state index contributed by atoms with van der Waals surface area (Å²) in [5.41, 5.74) is 4.89. The monoisotopic (exact) mass is 361 g/mol. The van der Waals surface area contributed by atoms with E-state index in [9.17, 15) is 4.39 Å². The van der Waals surface area contributed by atoms with Crippen LogP contribution >= 0.6 is 0 Å². The molecule has 0 aliphatic carbocycles. The molecule has 0 unspecified atom stereocenters. The summed E-state index contributed by atoms with van der Waals surface area (Å²) in [6, 6.07) is 13.2. The van der Waals surface area contributed by atoms with Crippen LogP contribution in [-0.4, -0.2) is 41.1 Å². The van der Waals surface area contributed by atoms with E-state index >= 15 is 0 Å². The molecule has 6 heteroatoms. The number of aryl methyl sites for hydroxylation is 1. The number of fused-ring (bicyclic) bond motifs is 3. The summed E-state index contributed by atoms with van der Waals surface area (Å²) in [7, 11) is 0. The van der Waals surface area contributed by atoms with Gasteiger partial charge in [0.1, 0.15) is 23.2 Å². The van der Waals surface area contributed by atoms with Crippen molar-refractivity contribution in [1.82, 2.24) is 15.0 Å². The molecule has 1 saturated heterocycles. The van der Waals surface area contributed by atoms with Gasteiger partial charge in [-0.15, -0.1) is 0 Å². The van der Waals surface area contributed by atoms with E-state index in [1.54, 1.807) is 12.4 Å². The van der Waals surface area contributed by atoms with Crippen molar-refractivity contribution < 1.29 is 4.39 Å². The normalized spacial score (nSPS) is 15.0. The fourth-order valence-electron chi connectivity index (χ4n) is 4.01. The SMILES string of the molecule is Cc1cccc2[nH]c3c(N4CCN(c5ccccc5F)CC4)ncnc3c12. The third-order valence-corrected chi connectivity index (χ3v) is 5.37. The van der Waals surface area contributed by atoms with Crippen molar-refractivity contribution in [3.8, 4) is 0 Å². The first-order chi connectivity index (χ1) is 13.2. The Kier molecular flexibility index (Phi) is 3.70. The number of nitrogens with one attached hydrogen (secondary N) is 1. The Morgan fingerprint density at radius 3 is 2.52 bits per heavy atom. The number of aromatic nitrogens is 3. The van der Waals surface area contributed by atoms with Gasteiger partial charge in [-0.25, -0.2) is 14.4 Å². The number of H-pyrrole nitrogens is 1. The molecule has 1 fully saturated rings. The highest BCUT2D eigenvalue weighted by Gasteiger charge is 2.23. The molecule has 0 radical (unpaired) electrons. The van der Waals surface area contributed by atoms with Crippen molar-refractivity contribution in [3.05, 3.63) is 60.2 Å². The molecule has 5 rings (SSSR count). The predicted octanol–water partition coefficient (Wildman–Crippen LogP) is 3.89. The van der Waals surface area contributed by atoms with E-state index in [1.807, 2.05) is 18.2 Å². The summed E-state index contributed by atoms with van der Waals surface area (Å²) in [6.07, 6.45) is 1.64. The molecule has 0 bridgehead atoms. The summed E-state index contributed by atoms with van der Waals surface area (Å²) in [5, 5.41) is 1.15. The Morgan fingerprint density at radius 1 is 0.926 bits per heavy atom. The van der Waals surface area contributed by atoms with Crippen LogP contribution in [0.4, 0.5) is 15.9 Å². The first-order valence-corrected chi connectivity index (χ1v) is 9.19. The van der Waals surface area contributed by atoms with Crippen molar-refractivity contribution >= 4 is 33.4 Å². The lowest BCUT2D eigenvalue weighted by Gasteiger charge is -2.36. The zero-order valence-electron chi connectivity index (χ0n) is 15.1. The standard InChI is InChI=1S/C21H20FN5/c1-14-5-4-7-16-18(14)19-20(25-16)21(24-13-23-19)27-11-9-26(10-12-27)17-8-3-2-6-15(17)22/h2-8,13,25H,9-12H2,1H3. The van der Waals surface area contributed by atoms with E-state index in [0.29, 0.717) is 5.69 Å². The number of halogens is 1. The van der Waals surface area contributed by atoms with Crippen LogP contribution in [0.15, 0.2) is 48.8 Å². The van der Waals surface area contributed by atoms with Crippen LogP contribution in [0.3, 0.4) is 0 Å². The zero-order chi connectivity index (χ0) is 18.4. The maximum atomic E-state index is 14.1. The van der Waals surface area contributed by atoms with E-state index in [1.165, 1.54) is 11.6 Å². The number of anilines is 2. The minimum Gasteiger partial charge on any atom is -0.366 e. The summed E-state index contributed by atoms with van der Waals surface area (Å²) in [4.78, 5) is 16.9. The lowest BCUT2D eigenvalue weighted by Crippen LogP contribution is -2.47. The number of benzene rings is 2. The first-order valence-electron chi connectivity index (χ1n) is 9.19. The van der Waals surface area contributed by atoms with Crippen molar-refractivity contribution in [3.63, 3.8) is 0 Å². The van der Waals surface area contributed by atoms with Crippen LogP contribution in [0.2, 0.25) is 0 Å². The van der Waals surface area contributed by atoms with Crippen molar-refractivity contribution in [2.45, 2.75) is 6.92 Å². The van der Waals surface area contributed by atoms with E-state index in [-0.39, 0.29) is 5.82 Å². The minimum atomic E-state index is -0.165. The lowest BCUT2D eigenvalue weighted by atomic mass is 10.1. The summed E-state index contributed by atoms with van der Waals surface area (Å²) in [5.74, 6) is 0.755. The molecule has 2 aromatic heterocycles. The highest BCUT2D eigenvalue weighted by molar-refractivity contribution is 6.09. The van der Waals surface area contributed by atoms with E-state index in [0.717, 1.165) is 53.9 Å². The smallest absolute Gasteiger partial charge is 0.156 e. The largest absolute Gasteiger partial charge is 0.366 e. The molecule has 4 aromatic rings. The fraction of sp³-hybridized carbons (Fsp3) is 0.238. The first kappa shape index (κ1) is 16.1. The van der Waals surface area contributed by atoms with Gasteiger partial charge in [-0.1, -0.05) is 24.3 Å². The highest BCUT2D eigenvalue weighted by atomic mass is 19.1. The number of aromatic amines is 1. The van der Waals surface area contributed by atoms with Gasteiger partial charge in [-0.05, 0) is 30.7 Å². The maximum Gasteiger partial charge on any atom is 0.156 e. The Bertz CT molecular complexity index is 1130. The van der Waals surface area contributed by atoms with Crippen LogP contribution in [-0.2, 0) is 0 Å². The molecule has 1 aliphatic heterocycles. The molecule has 0 atom stereocenters. The van der Waals surface area contributed by atoms with Crippen LogP contribution in [0.5, 0.6) is 0 Å². The minimum absolute atomic E-state index is 0.165. The molecule has 5 nitrogen and oxygen atoms in total. The van der Waals surface area contributed by atoms with Crippen molar-refractivity contribution in [2.24, 2.45) is 0 Å². The van der Waals surface area contributed by atoms with Gasteiger partial charge in [-0.3, -0.25) is 0 Å². The molecule has 27 heavy (non-hydrogen) atoms. The number of hydrogen-bond acceptors (Lipinski definition) is 4. The van der Waals surface area contributed by atoms with E-state index in [4.69, 9.17) is 0 Å². The zero-order valence-corrected chi connectivity index (χ0v) is 15.1. The third kappa shape index (κ3) is 2.60. The quantitative estimate of drug-likeness (QED) is 0.589. The molecular weight excluding hydrogens is 341 g/mol. The van der Waals surface area contributed by atoms with Crippen LogP contribution in [0.25, 0.3) is 21.9 Å². The molecular formula is C21H20FN5. The van der Waals surface area contributed by atoms with Gasteiger partial charge in [0.05, 0.1) is 5.69 Å². The topological polar surface area (TPSA) is 48.1 Å². The molecule has 136 valence electrons. The number of rotatable bonds is 2. The van der Waals surface area contributed by atoms with E-state index in [2.05, 4.69) is 43.8 Å². The Hall–Kier alpha value is -3.15. The van der Waals surface area contributed by atoms with Gasteiger partial charge in [0.15, 0.2) is 5.82 Å². The fourth-order valence-corrected chi connectivity index (χ4v) is 4.01. The van der Waals surface area contributed by atoms with Gasteiger partial charge in [-0.2, -0.15) is 0 Å². The molecule has 1 aliphatic rings. The molecule has 3 heterocycles. The Balaban J connectivity index is 1.48. The van der Waals surface area contributed by atoms with Gasteiger partial charge in [0.25, 0.3) is 0 Å². The molecule has 1 N–H and O–H groups in total. The Morgan fingerprint density at radius 2 is 1.70 bits per heavy atom. The Labute approximate surface area is 156 Å². The van der Waals surface area contributed by atoms with Crippen LogP contribution < -0.4 is 9.80 Å². The van der Waals surface area contributed by atoms with Crippen LogP contribution in [0, 0.1) is 12.7 Å². The number of hydrogen-bond donors (Lipinski definition) is 1. The maximum absolute atomic E-state index is 14.1. The summed E-state index contributed by atoms with van der Waals surface area (Å²) in [6.45, 7) is 5.19. The molecule has 0 spiro atoms. The van der Waals surface area contributed by atoms with Gasteiger partial charge in [0, 0.05) is 37.1 Å². The van der Waals surface area contributed by atoms with Crippen LogP contribution in [0.1, 0.15) is 5.56 Å². The second-order valence-corrected chi connectivity index (χ2v) is 6.97. The summed E-state index contributed by atoms with van der Waals surface area (Å²) >= 11 is 0. The molecule has 2 aromatic carbocycles.